The first kappa shape index (κ1) is 19.5. The normalized spacial score (nSPS) is 11.3. The molecule has 4 nitrogen and oxygen atoms in total. The predicted molar refractivity (Wildman–Crippen MR) is 100 cm³/mol. The quantitative estimate of drug-likeness (QED) is 0.734. The zero-order chi connectivity index (χ0) is 18.4. The summed E-state index contributed by atoms with van der Waals surface area (Å²) in [7, 11) is -3.47. The fraction of sp³-hybridized carbons (Fsp3) is 0.316. The summed E-state index contributed by atoms with van der Waals surface area (Å²) >= 11 is 6.14. The summed E-state index contributed by atoms with van der Waals surface area (Å²) < 4.78 is 24.8. The average molecular weight is 380 g/mol. The lowest BCUT2D eigenvalue weighted by Gasteiger charge is -2.21. The van der Waals surface area contributed by atoms with Gasteiger partial charge in [-0.25, -0.2) is 8.42 Å². The molecule has 0 unspecified atom stereocenters. The molecule has 0 aliphatic rings. The number of nitrogens with zero attached hydrogens (tertiary/aromatic N) is 1. The van der Waals surface area contributed by atoms with Crippen molar-refractivity contribution >= 4 is 27.3 Å². The summed E-state index contributed by atoms with van der Waals surface area (Å²) in [6.45, 7) is 4.63. The molecule has 0 aliphatic heterocycles. The molecule has 2 aromatic carbocycles. The maximum atomic E-state index is 12.4. The van der Waals surface area contributed by atoms with Gasteiger partial charge in [0, 0.05) is 24.5 Å². The lowest BCUT2D eigenvalue weighted by Crippen LogP contribution is -2.31. The third kappa shape index (κ3) is 5.31. The van der Waals surface area contributed by atoms with Crippen LogP contribution < -0.4 is 0 Å². The second-order valence-electron chi connectivity index (χ2n) is 5.88. The van der Waals surface area contributed by atoms with Crippen LogP contribution in [0.3, 0.4) is 0 Å². The van der Waals surface area contributed by atoms with Crippen molar-refractivity contribution in [3.63, 3.8) is 0 Å². The fourth-order valence-electron chi connectivity index (χ4n) is 2.45. The topological polar surface area (TPSA) is 54.5 Å². The number of hydrogen-bond acceptors (Lipinski definition) is 3. The molecule has 0 saturated heterocycles. The van der Waals surface area contributed by atoms with Crippen LogP contribution in [0.25, 0.3) is 0 Å². The van der Waals surface area contributed by atoms with Crippen LogP contribution in [0.1, 0.15) is 24.5 Å². The van der Waals surface area contributed by atoms with Gasteiger partial charge in [-0.05, 0) is 37.6 Å². The number of carbonyl (C=O) groups excluding carboxylic acids is 1. The van der Waals surface area contributed by atoms with E-state index in [9.17, 15) is 13.2 Å². The standard InChI is InChI=1S/C19H22ClNO3S/c1-3-21(14-16-6-4-5-7-18(16)20)19(22)12-13-25(23,24)17-10-8-15(2)9-11-17/h4-11H,3,12-14H2,1-2H3. The van der Waals surface area contributed by atoms with Crippen LogP contribution in [0, 0.1) is 6.92 Å². The van der Waals surface area contributed by atoms with Crippen molar-refractivity contribution in [2.24, 2.45) is 0 Å². The van der Waals surface area contributed by atoms with Gasteiger partial charge in [-0.3, -0.25) is 4.79 Å². The summed E-state index contributed by atoms with van der Waals surface area (Å²) in [5.41, 5.74) is 1.84. The van der Waals surface area contributed by atoms with E-state index in [4.69, 9.17) is 11.6 Å². The number of benzene rings is 2. The molecule has 0 heterocycles. The minimum Gasteiger partial charge on any atom is -0.339 e. The molecule has 0 bridgehead atoms. The van der Waals surface area contributed by atoms with E-state index in [1.807, 2.05) is 32.0 Å². The summed E-state index contributed by atoms with van der Waals surface area (Å²) in [4.78, 5) is 14.3. The van der Waals surface area contributed by atoms with Gasteiger partial charge in [0.25, 0.3) is 0 Å². The molecule has 25 heavy (non-hydrogen) atoms. The molecule has 0 aliphatic carbocycles. The first-order valence-corrected chi connectivity index (χ1v) is 10.2. The van der Waals surface area contributed by atoms with Crippen molar-refractivity contribution in [3.8, 4) is 0 Å². The molecule has 134 valence electrons. The van der Waals surface area contributed by atoms with Gasteiger partial charge < -0.3 is 4.90 Å². The van der Waals surface area contributed by atoms with Crippen LogP contribution in [0.15, 0.2) is 53.4 Å². The lowest BCUT2D eigenvalue weighted by atomic mass is 10.2. The number of halogens is 1. The van der Waals surface area contributed by atoms with Gasteiger partial charge in [-0.1, -0.05) is 47.5 Å². The fourth-order valence-corrected chi connectivity index (χ4v) is 3.88. The van der Waals surface area contributed by atoms with Crippen molar-refractivity contribution < 1.29 is 13.2 Å². The average Bonchev–Trinajstić information content (AvgIpc) is 2.59. The Labute approximate surface area is 154 Å². The highest BCUT2D eigenvalue weighted by Gasteiger charge is 2.19. The Morgan fingerprint density at radius 3 is 2.32 bits per heavy atom. The van der Waals surface area contributed by atoms with E-state index in [2.05, 4.69) is 0 Å². The van der Waals surface area contributed by atoms with Gasteiger partial charge >= 0.3 is 0 Å². The van der Waals surface area contributed by atoms with Crippen molar-refractivity contribution in [2.75, 3.05) is 12.3 Å². The molecule has 1 amide bonds. The van der Waals surface area contributed by atoms with E-state index in [-0.39, 0.29) is 23.0 Å². The molecule has 2 aromatic rings. The largest absolute Gasteiger partial charge is 0.339 e. The van der Waals surface area contributed by atoms with E-state index >= 15 is 0 Å². The first-order chi connectivity index (χ1) is 11.8. The third-order valence-corrected chi connectivity index (χ3v) is 6.12. The van der Waals surface area contributed by atoms with Crippen molar-refractivity contribution in [1.29, 1.82) is 0 Å². The molecule has 0 N–H and O–H groups in total. The maximum absolute atomic E-state index is 12.4. The van der Waals surface area contributed by atoms with Crippen LogP contribution in [-0.4, -0.2) is 31.5 Å². The van der Waals surface area contributed by atoms with Gasteiger partial charge in [0.1, 0.15) is 0 Å². The van der Waals surface area contributed by atoms with Crippen molar-refractivity contribution in [1.82, 2.24) is 4.90 Å². The van der Waals surface area contributed by atoms with E-state index < -0.39 is 9.84 Å². The van der Waals surface area contributed by atoms with Gasteiger partial charge in [0.05, 0.1) is 10.6 Å². The van der Waals surface area contributed by atoms with Crippen molar-refractivity contribution in [2.45, 2.75) is 31.7 Å². The molecule has 0 radical (unpaired) electrons. The van der Waals surface area contributed by atoms with E-state index in [0.29, 0.717) is 18.1 Å². The molecule has 6 heteroatoms. The summed E-state index contributed by atoms with van der Waals surface area (Å²) in [5, 5.41) is 0.598. The van der Waals surface area contributed by atoms with Gasteiger partial charge in [-0.15, -0.1) is 0 Å². The van der Waals surface area contributed by atoms with Crippen LogP contribution >= 0.6 is 11.6 Å². The maximum Gasteiger partial charge on any atom is 0.223 e. The van der Waals surface area contributed by atoms with Crippen LogP contribution in [0.4, 0.5) is 0 Å². The highest BCUT2D eigenvalue weighted by atomic mass is 35.5. The smallest absolute Gasteiger partial charge is 0.223 e. The van der Waals surface area contributed by atoms with E-state index in [0.717, 1.165) is 11.1 Å². The van der Waals surface area contributed by atoms with E-state index in [1.165, 1.54) is 0 Å². The Morgan fingerprint density at radius 2 is 1.72 bits per heavy atom. The Morgan fingerprint density at radius 1 is 1.08 bits per heavy atom. The number of amides is 1. The van der Waals surface area contributed by atoms with Crippen molar-refractivity contribution in [3.05, 3.63) is 64.7 Å². The molecule has 0 fully saturated rings. The van der Waals surface area contributed by atoms with Gasteiger partial charge in [0.2, 0.25) is 5.91 Å². The predicted octanol–water partition coefficient (Wildman–Crippen LogP) is 3.86. The minimum atomic E-state index is -3.47. The number of hydrogen-bond donors (Lipinski definition) is 0. The first-order valence-electron chi connectivity index (χ1n) is 8.14. The molecule has 2 rings (SSSR count). The minimum absolute atomic E-state index is 0.0471. The van der Waals surface area contributed by atoms with Gasteiger partial charge in [0.15, 0.2) is 9.84 Å². The molecule has 0 atom stereocenters. The Bertz CT molecular complexity index is 832. The molecule has 0 spiro atoms. The highest BCUT2D eigenvalue weighted by Crippen LogP contribution is 2.18. The number of sulfone groups is 1. The number of aryl methyl sites for hydroxylation is 1. The Hall–Kier alpha value is -1.85. The summed E-state index contributed by atoms with van der Waals surface area (Å²) in [6, 6.07) is 14.0. The zero-order valence-corrected chi connectivity index (χ0v) is 16.0. The SMILES string of the molecule is CCN(Cc1ccccc1Cl)C(=O)CCS(=O)(=O)c1ccc(C)cc1. The molecular formula is C19H22ClNO3S. The summed E-state index contributed by atoms with van der Waals surface area (Å²) in [5.74, 6) is -0.397. The van der Waals surface area contributed by atoms with Crippen LogP contribution in [-0.2, 0) is 21.2 Å². The molecule has 0 aromatic heterocycles. The Kier molecular flexibility index (Phi) is 6.62. The Balaban J connectivity index is 2.02. The second kappa shape index (κ2) is 8.50. The van der Waals surface area contributed by atoms with E-state index in [1.54, 1.807) is 35.2 Å². The third-order valence-electron chi connectivity index (χ3n) is 4.02. The molecular weight excluding hydrogens is 358 g/mol. The number of rotatable bonds is 7. The van der Waals surface area contributed by atoms with Crippen LogP contribution in [0.5, 0.6) is 0 Å². The lowest BCUT2D eigenvalue weighted by molar-refractivity contribution is -0.131. The zero-order valence-electron chi connectivity index (χ0n) is 14.4. The summed E-state index contributed by atoms with van der Waals surface area (Å²) in [6.07, 6.45) is -0.0471. The van der Waals surface area contributed by atoms with Crippen LogP contribution in [0.2, 0.25) is 5.02 Å². The van der Waals surface area contributed by atoms with Gasteiger partial charge in [-0.2, -0.15) is 0 Å². The highest BCUT2D eigenvalue weighted by molar-refractivity contribution is 7.91. The number of carbonyl (C=O) groups is 1. The second-order valence-corrected chi connectivity index (χ2v) is 8.40. The monoisotopic (exact) mass is 379 g/mol. The molecule has 0 saturated carbocycles.